The van der Waals surface area contributed by atoms with Gasteiger partial charge in [0.1, 0.15) is 0 Å². The minimum Gasteiger partial charge on any atom is -0.281 e. The quantitative estimate of drug-likeness (QED) is 0.313. The maximum absolute atomic E-state index is 11.1. The van der Waals surface area contributed by atoms with E-state index in [0.29, 0.717) is 11.1 Å². The first-order valence-electron chi connectivity index (χ1n) is 3.52. The summed E-state index contributed by atoms with van der Waals surface area (Å²) in [5.41, 5.74) is 7.38. The maximum atomic E-state index is 11.1. The van der Waals surface area contributed by atoms with Gasteiger partial charge in [0.2, 0.25) is 0 Å². The van der Waals surface area contributed by atoms with Gasteiger partial charge in [-0.15, -0.1) is 0 Å². The minimum absolute atomic E-state index is 0.334. The molecule has 62 valence electrons. The number of nitriles is 1. The normalized spacial score (nSPS) is 8.23. The van der Waals surface area contributed by atoms with Gasteiger partial charge in [0.15, 0.2) is 0 Å². The Labute approximate surface area is 74.7 Å². The summed E-state index contributed by atoms with van der Waals surface area (Å²) in [6.07, 6.45) is 0.918. The van der Waals surface area contributed by atoms with Crippen LogP contribution in [-0.4, -0.2) is 16.8 Å². The van der Waals surface area contributed by atoms with E-state index >= 15 is 0 Å². The van der Waals surface area contributed by atoms with E-state index in [2.05, 4.69) is 4.79 Å². The lowest BCUT2D eigenvalue weighted by atomic mass is 10.1. The van der Waals surface area contributed by atoms with E-state index in [0.717, 1.165) is 6.21 Å². The zero-order valence-corrected chi connectivity index (χ0v) is 6.69. The highest BCUT2D eigenvalue weighted by Gasteiger charge is 2.06. The highest BCUT2D eigenvalue weighted by Crippen LogP contribution is 2.02. The van der Waals surface area contributed by atoms with Gasteiger partial charge in [0.25, 0.3) is 5.78 Å². The molecule has 0 spiro atoms. The molecule has 1 rings (SSSR count). The van der Waals surface area contributed by atoms with Gasteiger partial charge in [-0.05, 0) is 24.3 Å². The van der Waals surface area contributed by atoms with Gasteiger partial charge < -0.3 is 0 Å². The fraction of sp³-hybridized carbons (Fsp3) is 0. The number of hydrogen-bond donors (Lipinski definition) is 1. The van der Waals surface area contributed by atoms with Crippen molar-refractivity contribution in [2.24, 2.45) is 0 Å². The lowest BCUT2D eigenvalue weighted by Crippen LogP contribution is -2.00. The zero-order chi connectivity index (χ0) is 9.68. The Morgan fingerprint density at radius 1 is 1.46 bits per heavy atom. The molecule has 0 saturated carbocycles. The molecule has 1 N–H and O–H groups in total. The van der Waals surface area contributed by atoms with Gasteiger partial charge in [-0.3, -0.25) is 4.79 Å². The van der Waals surface area contributed by atoms with Crippen molar-refractivity contribution in [3.05, 3.63) is 35.4 Å². The third kappa shape index (κ3) is 2.09. The first kappa shape index (κ1) is 8.85. The molecule has 0 aliphatic rings. The molecule has 1 aromatic carbocycles. The van der Waals surface area contributed by atoms with Gasteiger partial charge in [-0.1, -0.05) is 0 Å². The highest BCUT2D eigenvalue weighted by atomic mass is 16.1. The van der Waals surface area contributed by atoms with Crippen molar-refractivity contribution in [1.29, 1.82) is 10.8 Å². The Morgan fingerprint density at radius 2 is 2.08 bits per heavy atom. The number of nitrogens with one attached hydrogen (secondary N) is 1. The molecular formula is C9H6N3O+. The zero-order valence-electron chi connectivity index (χ0n) is 6.69. The molecule has 13 heavy (non-hydrogen) atoms. The highest BCUT2D eigenvalue weighted by molar-refractivity contribution is 6.33. The van der Waals surface area contributed by atoms with Crippen molar-refractivity contribution in [3.63, 3.8) is 0 Å². The van der Waals surface area contributed by atoms with Gasteiger partial charge in [0, 0.05) is 5.56 Å². The summed E-state index contributed by atoms with van der Waals surface area (Å²) in [5, 5.41) is 8.48. The standard InChI is InChI=1S/C9H6N3O/c10-5-7-1-3-8(4-2-7)9(13)6-12-11/h1-4,6,11H/q+1. The summed E-state index contributed by atoms with van der Waals surface area (Å²) in [6, 6.07) is 8.10. The van der Waals surface area contributed by atoms with Crippen LogP contribution in [0.5, 0.6) is 0 Å². The summed E-state index contributed by atoms with van der Waals surface area (Å²) >= 11 is 0. The number of Topliss-reactive ketones (excluding diaryl/α,β-unsaturated/α-hetero) is 1. The first-order chi connectivity index (χ1) is 6.27. The Bertz CT molecular complexity index is 407. The third-order valence-corrected chi connectivity index (χ3v) is 1.48. The summed E-state index contributed by atoms with van der Waals surface area (Å²) in [7, 11) is 0. The SMILES string of the molecule is N#Cc1ccc(C(=O)C=[N+]=N)cc1. The molecule has 4 nitrogen and oxygen atoms in total. The largest absolute Gasteiger partial charge is 0.377 e. The number of nitrogens with zero attached hydrogens (tertiary/aromatic N) is 2. The van der Waals surface area contributed by atoms with Crippen LogP contribution in [0.25, 0.3) is 0 Å². The van der Waals surface area contributed by atoms with E-state index < -0.39 is 0 Å². The molecule has 0 radical (unpaired) electrons. The van der Waals surface area contributed by atoms with Crippen molar-refractivity contribution >= 4 is 12.0 Å². The molecule has 0 bridgehead atoms. The fourth-order valence-electron chi connectivity index (χ4n) is 0.842. The van der Waals surface area contributed by atoms with E-state index in [9.17, 15) is 4.79 Å². The molecule has 1 aromatic rings. The number of ketones is 1. The van der Waals surface area contributed by atoms with E-state index in [1.165, 1.54) is 12.1 Å². The predicted octanol–water partition coefficient (Wildman–Crippen LogP) is 1.05. The van der Waals surface area contributed by atoms with Crippen LogP contribution in [0.3, 0.4) is 0 Å². The second kappa shape index (κ2) is 3.96. The molecule has 4 heteroatoms. The minimum atomic E-state index is -0.334. The molecule has 0 amide bonds. The Morgan fingerprint density at radius 3 is 2.54 bits per heavy atom. The fourth-order valence-corrected chi connectivity index (χ4v) is 0.842. The molecule has 0 saturated heterocycles. The number of benzene rings is 1. The Hall–Kier alpha value is -2.24. The molecule has 0 aromatic heterocycles. The lowest BCUT2D eigenvalue weighted by molar-refractivity contribution is -0.111. The smallest absolute Gasteiger partial charge is 0.281 e. The molecule has 0 fully saturated rings. The second-order valence-electron chi connectivity index (χ2n) is 2.31. The van der Waals surface area contributed by atoms with Crippen molar-refractivity contribution in [3.8, 4) is 6.07 Å². The topological polar surface area (TPSA) is 78.8 Å². The molecule has 0 aliphatic heterocycles. The average molecular weight is 172 g/mol. The molecular weight excluding hydrogens is 166 g/mol. The van der Waals surface area contributed by atoms with Crippen LogP contribution in [-0.2, 0) is 0 Å². The van der Waals surface area contributed by atoms with Crippen molar-refractivity contribution in [2.45, 2.75) is 0 Å². The van der Waals surface area contributed by atoms with Crippen molar-refractivity contribution in [2.75, 3.05) is 0 Å². The van der Waals surface area contributed by atoms with Crippen LogP contribution in [0.15, 0.2) is 24.3 Å². The first-order valence-corrected chi connectivity index (χ1v) is 3.52. The summed E-state index contributed by atoms with van der Waals surface area (Å²) in [4.78, 5) is 14.0. The summed E-state index contributed by atoms with van der Waals surface area (Å²) in [5.74, 6) is -0.334. The molecule has 0 atom stereocenters. The van der Waals surface area contributed by atoms with E-state index in [4.69, 9.17) is 10.8 Å². The lowest BCUT2D eigenvalue weighted by Gasteiger charge is -1.90. The van der Waals surface area contributed by atoms with Gasteiger partial charge >= 0.3 is 6.21 Å². The van der Waals surface area contributed by atoms with Gasteiger partial charge in [-0.25, -0.2) is 0 Å². The predicted molar refractivity (Wildman–Crippen MR) is 44.5 cm³/mol. The number of carbonyl (C=O) groups excluding carboxylic acids is 1. The van der Waals surface area contributed by atoms with Crippen LogP contribution >= 0.6 is 0 Å². The molecule has 0 unspecified atom stereocenters. The molecule has 0 aliphatic carbocycles. The average Bonchev–Trinajstić information content (AvgIpc) is 2.18. The third-order valence-electron chi connectivity index (χ3n) is 1.48. The Balaban J connectivity index is 3.00. The van der Waals surface area contributed by atoms with Crippen LogP contribution in [0.2, 0.25) is 0 Å². The van der Waals surface area contributed by atoms with Crippen molar-refractivity contribution < 1.29 is 9.58 Å². The van der Waals surface area contributed by atoms with Gasteiger partial charge in [-0.2, -0.15) is 5.26 Å². The van der Waals surface area contributed by atoms with Crippen LogP contribution < -0.4 is 0 Å². The summed E-state index contributed by atoms with van der Waals surface area (Å²) < 4.78 is 0. The van der Waals surface area contributed by atoms with Crippen LogP contribution in [0.1, 0.15) is 15.9 Å². The maximum Gasteiger partial charge on any atom is 0.377 e. The second-order valence-corrected chi connectivity index (χ2v) is 2.31. The molecule has 0 heterocycles. The number of carbonyl (C=O) groups is 1. The van der Waals surface area contributed by atoms with Crippen LogP contribution in [0.4, 0.5) is 0 Å². The van der Waals surface area contributed by atoms with Crippen LogP contribution in [0, 0.1) is 16.9 Å². The Kier molecular flexibility index (Phi) is 2.69. The number of hydrogen-bond acceptors (Lipinski definition) is 3. The van der Waals surface area contributed by atoms with E-state index in [1.807, 2.05) is 6.07 Å². The monoisotopic (exact) mass is 172 g/mol. The number of rotatable bonds is 2. The van der Waals surface area contributed by atoms with E-state index in [1.54, 1.807) is 12.1 Å². The van der Waals surface area contributed by atoms with E-state index in [-0.39, 0.29) is 5.78 Å². The summed E-state index contributed by atoms with van der Waals surface area (Å²) in [6.45, 7) is 0. The van der Waals surface area contributed by atoms with Gasteiger partial charge in [0.05, 0.1) is 22.0 Å². The van der Waals surface area contributed by atoms with Crippen molar-refractivity contribution in [1.82, 2.24) is 0 Å².